The van der Waals surface area contributed by atoms with Gasteiger partial charge < -0.3 is 9.84 Å². The number of hydrogen-bond acceptors (Lipinski definition) is 10. The van der Waals surface area contributed by atoms with Crippen molar-refractivity contribution in [2.45, 2.75) is 90.1 Å². The smallest absolute Gasteiger partial charge is 0.247 e. The van der Waals surface area contributed by atoms with Crippen LogP contribution < -0.4 is 10.6 Å². The normalized spacial score (nSPS) is 12.7. The Bertz CT molecular complexity index is 1690. The van der Waals surface area contributed by atoms with E-state index in [1.165, 1.54) is 39.0 Å². The van der Waals surface area contributed by atoms with Crippen LogP contribution >= 0.6 is 22.9 Å². The van der Waals surface area contributed by atoms with Gasteiger partial charge in [-0.1, -0.05) is 63.5 Å². The van der Waals surface area contributed by atoms with Crippen LogP contribution in [0.2, 0.25) is 5.02 Å². The minimum atomic E-state index is -3.53. The molecule has 0 aliphatic carbocycles. The quantitative estimate of drug-likeness (QED) is 0.226. The summed E-state index contributed by atoms with van der Waals surface area (Å²) < 4.78 is 50.8. The Morgan fingerprint density at radius 3 is 1.78 bits per heavy atom. The van der Waals surface area contributed by atoms with Crippen molar-refractivity contribution in [1.82, 2.24) is 10.1 Å². The summed E-state index contributed by atoms with van der Waals surface area (Å²) in [5, 5.41) is 11.8. The molecule has 0 aliphatic heterocycles. The zero-order chi connectivity index (χ0) is 34.4. The Kier molecular flexibility index (Phi) is 12.6. The molecule has 0 fully saturated rings. The third-order valence-electron chi connectivity index (χ3n) is 6.97. The number of carbonyl (C=O) groups is 2. The van der Waals surface area contributed by atoms with Crippen molar-refractivity contribution in [1.29, 1.82) is 0 Å². The van der Waals surface area contributed by atoms with Gasteiger partial charge in [-0.25, -0.2) is 21.8 Å². The third kappa shape index (κ3) is 9.60. The van der Waals surface area contributed by atoms with Crippen LogP contribution in [-0.4, -0.2) is 59.8 Å². The standard InChI is InChI=1S/C16H19ClN2O3S2.C14H24N2O4S/c1-4-9-24(21,22)16(2,3)14(20)19-15-18-13(10-23-15)11-5-7-12(17)8-6-11;1-7-8-21(18,19)14(5,6)12(17)15-11-9-10(16-20-11)13(2,3)4/h5-8,10H,4,9H2,1-3H3,(H,18,19,20);9H,7-8H2,1-6H3,(H,15,17). The number of hydrogen-bond donors (Lipinski definition) is 2. The highest BCUT2D eigenvalue weighted by molar-refractivity contribution is 7.93. The first-order valence-corrected chi connectivity index (χ1v) is 18.9. The summed E-state index contributed by atoms with van der Waals surface area (Å²) in [4.78, 5) is 29.0. The van der Waals surface area contributed by atoms with E-state index in [0.717, 1.165) is 5.56 Å². The first kappa shape index (κ1) is 38.4. The van der Waals surface area contributed by atoms with E-state index in [2.05, 4.69) is 20.8 Å². The van der Waals surface area contributed by atoms with Crippen molar-refractivity contribution < 1.29 is 30.9 Å². The van der Waals surface area contributed by atoms with Crippen molar-refractivity contribution >= 4 is 65.4 Å². The Hall–Kier alpha value is -2.81. The summed E-state index contributed by atoms with van der Waals surface area (Å²) in [5.41, 5.74) is 2.04. The molecule has 1 aromatic carbocycles. The molecule has 3 rings (SSSR count). The van der Waals surface area contributed by atoms with Crippen molar-refractivity contribution in [3.8, 4) is 11.3 Å². The Morgan fingerprint density at radius 1 is 0.844 bits per heavy atom. The number of benzene rings is 1. The molecule has 2 heterocycles. The van der Waals surface area contributed by atoms with E-state index >= 15 is 0 Å². The minimum Gasteiger partial charge on any atom is -0.338 e. The van der Waals surface area contributed by atoms with Gasteiger partial charge in [-0.05, 0) is 52.7 Å². The number of anilines is 2. The van der Waals surface area contributed by atoms with Crippen LogP contribution in [0.5, 0.6) is 0 Å². The molecule has 2 aromatic heterocycles. The number of amides is 2. The maximum absolute atomic E-state index is 12.4. The summed E-state index contributed by atoms with van der Waals surface area (Å²) >= 11 is 7.11. The summed E-state index contributed by atoms with van der Waals surface area (Å²) in [5.74, 6) is -1.09. The number of sulfone groups is 2. The third-order valence-corrected chi connectivity index (χ3v) is 13.4. The van der Waals surface area contributed by atoms with Crippen LogP contribution in [0.3, 0.4) is 0 Å². The number of aromatic nitrogens is 2. The number of carbonyl (C=O) groups excluding carboxylic acids is 2. The van der Waals surface area contributed by atoms with Crippen molar-refractivity contribution in [3.05, 3.63) is 46.4 Å². The second-order valence-electron chi connectivity index (χ2n) is 12.4. The Morgan fingerprint density at radius 2 is 1.33 bits per heavy atom. The average molecular weight is 703 g/mol. The predicted molar refractivity (Wildman–Crippen MR) is 181 cm³/mol. The van der Waals surface area contributed by atoms with Gasteiger partial charge in [0.15, 0.2) is 24.8 Å². The van der Waals surface area contributed by atoms with Crippen LogP contribution in [0.4, 0.5) is 11.0 Å². The molecule has 2 amide bonds. The lowest BCUT2D eigenvalue weighted by Crippen LogP contribution is -2.45. The largest absolute Gasteiger partial charge is 0.338 e. The van der Waals surface area contributed by atoms with Gasteiger partial charge in [0.05, 0.1) is 22.9 Å². The molecule has 15 heteroatoms. The van der Waals surface area contributed by atoms with E-state index in [-0.39, 0.29) is 22.8 Å². The van der Waals surface area contributed by atoms with E-state index in [1.807, 2.05) is 32.9 Å². The lowest BCUT2D eigenvalue weighted by atomic mass is 9.92. The highest BCUT2D eigenvalue weighted by atomic mass is 35.5. The van der Waals surface area contributed by atoms with E-state index in [9.17, 15) is 26.4 Å². The fourth-order valence-electron chi connectivity index (χ4n) is 3.61. The van der Waals surface area contributed by atoms with Gasteiger partial charge in [0.25, 0.3) is 0 Å². The van der Waals surface area contributed by atoms with Crippen LogP contribution in [0.25, 0.3) is 11.3 Å². The molecule has 11 nitrogen and oxygen atoms in total. The number of thiazole rings is 1. The Labute approximate surface area is 275 Å². The molecular weight excluding hydrogens is 660 g/mol. The van der Waals surface area contributed by atoms with Gasteiger partial charge >= 0.3 is 0 Å². The number of nitrogens with one attached hydrogen (secondary N) is 2. The molecule has 2 N–H and O–H groups in total. The fraction of sp³-hybridized carbons (Fsp3) is 0.533. The molecule has 0 aliphatic rings. The number of nitrogens with zero attached hydrogens (tertiary/aromatic N) is 2. The van der Waals surface area contributed by atoms with E-state index in [1.54, 1.807) is 37.4 Å². The lowest BCUT2D eigenvalue weighted by Gasteiger charge is -2.22. The van der Waals surface area contributed by atoms with Crippen molar-refractivity contribution in [2.24, 2.45) is 0 Å². The van der Waals surface area contributed by atoms with Crippen LogP contribution in [0, 0.1) is 0 Å². The molecule has 45 heavy (non-hydrogen) atoms. The Balaban J connectivity index is 0.000000317. The van der Waals surface area contributed by atoms with E-state index in [0.29, 0.717) is 34.4 Å². The molecule has 0 saturated heterocycles. The van der Waals surface area contributed by atoms with Gasteiger partial charge in [0.2, 0.25) is 17.7 Å². The second-order valence-corrected chi connectivity index (χ2v) is 19.0. The van der Waals surface area contributed by atoms with Gasteiger partial charge in [-0.3, -0.25) is 14.9 Å². The first-order chi connectivity index (χ1) is 20.6. The monoisotopic (exact) mass is 702 g/mol. The molecular formula is C30H43ClN4O7S3. The fourth-order valence-corrected chi connectivity index (χ4v) is 7.22. The predicted octanol–water partition coefficient (Wildman–Crippen LogP) is 6.52. The molecule has 3 aromatic rings. The molecule has 0 bridgehead atoms. The summed E-state index contributed by atoms with van der Waals surface area (Å²) in [6, 6.07) is 8.79. The molecule has 0 saturated carbocycles. The minimum absolute atomic E-state index is 0.0265. The molecule has 0 radical (unpaired) electrons. The highest BCUT2D eigenvalue weighted by Gasteiger charge is 2.42. The summed E-state index contributed by atoms with van der Waals surface area (Å²) in [7, 11) is -7.05. The van der Waals surface area contributed by atoms with Gasteiger partial charge in [0.1, 0.15) is 9.49 Å². The molecule has 0 spiro atoms. The molecule has 0 atom stereocenters. The highest BCUT2D eigenvalue weighted by Crippen LogP contribution is 2.28. The number of halogens is 1. The van der Waals surface area contributed by atoms with Gasteiger partial charge in [-0.15, -0.1) is 11.3 Å². The number of rotatable bonds is 11. The summed E-state index contributed by atoms with van der Waals surface area (Å²) in [6.45, 7) is 15.1. The van der Waals surface area contributed by atoms with Gasteiger partial charge in [-0.2, -0.15) is 0 Å². The zero-order valence-corrected chi connectivity index (χ0v) is 30.4. The van der Waals surface area contributed by atoms with Crippen LogP contribution in [0.1, 0.15) is 80.8 Å². The summed E-state index contributed by atoms with van der Waals surface area (Å²) in [6.07, 6.45) is 0.937. The zero-order valence-electron chi connectivity index (χ0n) is 27.1. The van der Waals surface area contributed by atoms with E-state index < -0.39 is 41.0 Å². The van der Waals surface area contributed by atoms with Crippen molar-refractivity contribution in [3.63, 3.8) is 0 Å². The lowest BCUT2D eigenvalue weighted by molar-refractivity contribution is -0.118. The van der Waals surface area contributed by atoms with Crippen LogP contribution in [0.15, 0.2) is 40.2 Å². The topological polar surface area (TPSA) is 165 Å². The average Bonchev–Trinajstić information content (AvgIpc) is 3.59. The maximum Gasteiger partial charge on any atom is 0.247 e. The van der Waals surface area contributed by atoms with Crippen LogP contribution in [-0.2, 0) is 34.7 Å². The first-order valence-electron chi connectivity index (χ1n) is 14.3. The van der Waals surface area contributed by atoms with Gasteiger partial charge in [0, 0.05) is 27.4 Å². The molecule has 0 unspecified atom stereocenters. The SMILES string of the molecule is CCCS(=O)(=O)C(C)(C)C(=O)Nc1cc(C(C)(C)C)no1.CCCS(=O)(=O)C(C)(C)C(=O)Nc1nc(-c2ccc(Cl)cc2)cs1. The van der Waals surface area contributed by atoms with Crippen molar-refractivity contribution in [2.75, 3.05) is 22.1 Å². The maximum atomic E-state index is 12.4. The second kappa shape index (κ2) is 14.7. The molecule has 250 valence electrons. The van der Waals surface area contributed by atoms with E-state index in [4.69, 9.17) is 16.1 Å².